The summed E-state index contributed by atoms with van der Waals surface area (Å²) in [6, 6.07) is 0. The molecule has 1 atom stereocenters. The van der Waals surface area contributed by atoms with Crippen LogP contribution in [0, 0.1) is 0 Å². The fourth-order valence-corrected chi connectivity index (χ4v) is 2.95. The first-order chi connectivity index (χ1) is 13.3. The first-order valence-electron chi connectivity index (χ1n) is 8.53. The summed E-state index contributed by atoms with van der Waals surface area (Å²) >= 11 is 0. The lowest BCUT2D eigenvalue weighted by molar-refractivity contribution is -0.139. The molecule has 0 saturated carbocycles. The fourth-order valence-electron chi connectivity index (χ4n) is 2.95. The van der Waals surface area contributed by atoms with Gasteiger partial charge in [0.1, 0.15) is 11.4 Å². The molecule has 0 bridgehead atoms. The molecule has 0 spiro atoms. The number of rotatable bonds is 6. The van der Waals surface area contributed by atoms with Crippen molar-refractivity contribution in [3.8, 4) is 5.88 Å². The Morgan fingerprint density at radius 1 is 1.46 bits per heavy atom. The number of fused-ring (bicyclic) bond motifs is 1. The van der Waals surface area contributed by atoms with Crippen LogP contribution in [0.3, 0.4) is 0 Å². The zero-order valence-electron chi connectivity index (χ0n) is 15.4. The second kappa shape index (κ2) is 7.87. The highest BCUT2D eigenvalue weighted by Gasteiger charge is 2.36. The van der Waals surface area contributed by atoms with Crippen LogP contribution in [0.15, 0.2) is 35.5 Å². The predicted molar refractivity (Wildman–Crippen MR) is 97.0 cm³/mol. The molecule has 3 heterocycles. The van der Waals surface area contributed by atoms with E-state index >= 15 is 0 Å². The summed E-state index contributed by atoms with van der Waals surface area (Å²) in [6.45, 7) is 3.18. The average molecular weight is 395 g/mol. The van der Waals surface area contributed by atoms with E-state index in [9.17, 15) is 13.2 Å². The van der Waals surface area contributed by atoms with E-state index in [1.54, 1.807) is 13.1 Å². The van der Waals surface area contributed by atoms with Crippen molar-refractivity contribution in [1.82, 2.24) is 19.5 Å². The van der Waals surface area contributed by atoms with Crippen molar-refractivity contribution in [2.45, 2.75) is 32.0 Å². The molecule has 2 aromatic heterocycles. The van der Waals surface area contributed by atoms with Crippen molar-refractivity contribution in [3.05, 3.63) is 41.9 Å². The molecular formula is C17H20F3N7O. The van der Waals surface area contributed by atoms with Gasteiger partial charge in [0.15, 0.2) is 0 Å². The van der Waals surface area contributed by atoms with E-state index in [0.29, 0.717) is 24.2 Å². The minimum Gasteiger partial charge on any atom is -0.480 e. The van der Waals surface area contributed by atoms with Crippen LogP contribution in [-0.4, -0.2) is 38.9 Å². The molecule has 1 aliphatic rings. The third-order valence-electron chi connectivity index (χ3n) is 4.44. The number of nitrogens with two attached hydrogens (primary N) is 1. The summed E-state index contributed by atoms with van der Waals surface area (Å²) in [7, 11) is 1.11. The third-order valence-corrected chi connectivity index (χ3v) is 4.44. The highest BCUT2D eigenvalue weighted by Crippen LogP contribution is 2.35. The van der Waals surface area contributed by atoms with Crippen LogP contribution in [0.2, 0.25) is 0 Å². The number of nitrogens with one attached hydrogen (secondary N) is 1. The second-order valence-corrected chi connectivity index (χ2v) is 6.21. The van der Waals surface area contributed by atoms with Gasteiger partial charge in [0, 0.05) is 43.8 Å². The first kappa shape index (κ1) is 19.6. The minimum atomic E-state index is -4.61. The standard InChI is InChI=1S/C17H20F3N7O/c1-10(23-8-11-3-5-27-6-4-22-14(11)27)13(7-21)25-16-24-9-12(17(18,19)20)15(26-16)28-2/h4,6-7,9,11H,3,5,8,21H2,1-2H3,(H,24,25,26)/b13-7+,23-10?/t11-/m1/s1. The lowest BCUT2D eigenvalue weighted by Crippen LogP contribution is -2.16. The van der Waals surface area contributed by atoms with Gasteiger partial charge >= 0.3 is 6.18 Å². The monoisotopic (exact) mass is 395 g/mol. The molecule has 3 N–H and O–H groups in total. The van der Waals surface area contributed by atoms with Gasteiger partial charge in [-0.15, -0.1) is 0 Å². The molecule has 0 aromatic carbocycles. The number of aryl methyl sites for hydroxylation is 1. The molecule has 2 aromatic rings. The molecule has 3 rings (SSSR count). The normalized spacial score (nSPS) is 17.5. The van der Waals surface area contributed by atoms with Gasteiger partial charge in [-0.05, 0) is 13.3 Å². The largest absolute Gasteiger partial charge is 0.480 e. The molecule has 0 unspecified atom stereocenters. The van der Waals surface area contributed by atoms with E-state index in [0.717, 1.165) is 25.9 Å². The molecule has 0 aliphatic carbocycles. The summed E-state index contributed by atoms with van der Waals surface area (Å²) in [4.78, 5) is 16.3. The SMILES string of the molecule is COc1nc(N/C(=C/N)C(C)=NC[C@H]2CCn3ccnc32)ncc1C(F)(F)F. The Hall–Kier alpha value is -3.11. The van der Waals surface area contributed by atoms with Gasteiger partial charge in [-0.1, -0.05) is 0 Å². The summed E-state index contributed by atoms with van der Waals surface area (Å²) in [5, 5.41) is 2.79. The van der Waals surface area contributed by atoms with Gasteiger partial charge in [0.05, 0.1) is 18.5 Å². The smallest absolute Gasteiger partial charge is 0.423 e. The highest BCUT2D eigenvalue weighted by atomic mass is 19.4. The van der Waals surface area contributed by atoms with E-state index in [-0.39, 0.29) is 11.9 Å². The molecule has 0 radical (unpaired) electrons. The molecule has 0 fully saturated rings. The zero-order chi connectivity index (χ0) is 20.3. The molecule has 8 nitrogen and oxygen atoms in total. The minimum absolute atomic E-state index is 0.0764. The molecular weight excluding hydrogens is 375 g/mol. The van der Waals surface area contributed by atoms with Crippen molar-refractivity contribution >= 4 is 11.7 Å². The Labute approximate surface area is 159 Å². The van der Waals surface area contributed by atoms with Crippen LogP contribution in [0.4, 0.5) is 19.1 Å². The maximum atomic E-state index is 12.9. The number of alkyl halides is 3. The van der Waals surface area contributed by atoms with Crippen molar-refractivity contribution in [2.24, 2.45) is 10.7 Å². The molecule has 11 heteroatoms. The number of ether oxygens (including phenoxy) is 1. The summed E-state index contributed by atoms with van der Waals surface area (Å²) in [6.07, 6.45) is 1.97. The van der Waals surface area contributed by atoms with Gasteiger partial charge in [-0.2, -0.15) is 18.2 Å². The number of aromatic nitrogens is 4. The van der Waals surface area contributed by atoms with Crippen LogP contribution in [0.1, 0.15) is 30.7 Å². The van der Waals surface area contributed by atoms with Crippen LogP contribution < -0.4 is 15.8 Å². The number of allylic oxidation sites excluding steroid dienone is 1. The van der Waals surface area contributed by atoms with Crippen LogP contribution in [-0.2, 0) is 12.7 Å². The number of hydrogen-bond donors (Lipinski definition) is 2. The average Bonchev–Trinajstić information content (AvgIpc) is 3.27. The number of nitrogens with zero attached hydrogens (tertiary/aromatic N) is 5. The van der Waals surface area contributed by atoms with Gasteiger partial charge in [-0.25, -0.2) is 9.97 Å². The Bertz CT molecular complexity index is 904. The summed E-state index contributed by atoms with van der Waals surface area (Å²) < 4.78 is 45.6. The van der Waals surface area contributed by atoms with Crippen LogP contribution in [0.25, 0.3) is 0 Å². The van der Waals surface area contributed by atoms with E-state index in [1.165, 1.54) is 6.20 Å². The highest BCUT2D eigenvalue weighted by molar-refractivity contribution is 6.00. The number of anilines is 1. The van der Waals surface area contributed by atoms with Gasteiger partial charge in [0.2, 0.25) is 11.8 Å². The van der Waals surface area contributed by atoms with Crippen molar-refractivity contribution < 1.29 is 17.9 Å². The number of halogens is 3. The topological polar surface area (TPSA) is 103 Å². The van der Waals surface area contributed by atoms with E-state index in [2.05, 4.69) is 29.8 Å². The molecule has 0 amide bonds. The van der Waals surface area contributed by atoms with Gasteiger partial charge in [-0.3, -0.25) is 4.99 Å². The number of imidazole rings is 1. The lowest BCUT2D eigenvalue weighted by atomic mass is 10.1. The van der Waals surface area contributed by atoms with Crippen molar-refractivity contribution in [3.63, 3.8) is 0 Å². The lowest BCUT2D eigenvalue weighted by Gasteiger charge is -2.13. The maximum Gasteiger partial charge on any atom is 0.423 e. The Kier molecular flexibility index (Phi) is 5.52. The van der Waals surface area contributed by atoms with Gasteiger partial charge < -0.3 is 20.4 Å². The molecule has 1 aliphatic heterocycles. The summed E-state index contributed by atoms with van der Waals surface area (Å²) in [5.74, 6) is 0.561. The number of methoxy groups -OCH3 is 1. The number of hydrogen-bond acceptors (Lipinski definition) is 7. The Morgan fingerprint density at radius 2 is 2.25 bits per heavy atom. The quantitative estimate of drug-likeness (QED) is 0.729. The summed E-state index contributed by atoms with van der Waals surface area (Å²) in [5.41, 5.74) is 5.56. The van der Waals surface area contributed by atoms with E-state index in [1.807, 2.05) is 6.20 Å². The Morgan fingerprint density at radius 3 is 2.93 bits per heavy atom. The Balaban J connectivity index is 1.72. The van der Waals surface area contributed by atoms with E-state index in [4.69, 9.17) is 10.5 Å². The van der Waals surface area contributed by atoms with Crippen molar-refractivity contribution in [1.29, 1.82) is 0 Å². The second-order valence-electron chi connectivity index (χ2n) is 6.21. The van der Waals surface area contributed by atoms with Crippen molar-refractivity contribution in [2.75, 3.05) is 19.0 Å². The number of aliphatic imine (C=N–C) groups is 1. The molecule has 28 heavy (non-hydrogen) atoms. The van der Waals surface area contributed by atoms with Gasteiger partial charge in [0.25, 0.3) is 0 Å². The zero-order valence-corrected chi connectivity index (χ0v) is 15.4. The molecule has 0 saturated heterocycles. The van der Waals surface area contributed by atoms with Crippen LogP contribution in [0.5, 0.6) is 5.88 Å². The third kappa shape index (κ3) is 4.07. The fraction of sp³-hybridized carbons (Fsp3) is 0.412. The first-order valence-corrected chi connectivity index (χ1v) is 8.53. The van der Waals surface area contributed by atoms with Crippen LogP contribution >= 0.6 is 0 Å². The maximum absolute atomic E-state index is 12.9. The van der Waals surface area contributed by atoms with E-state index < -0.39 is 17.6 Å². The predicted octanol–water partition coefficient (Wildman–Crippen LogP) is 2.56. The molecule has 150 valence electrons.